The maximum absolute atomic E-state index is 10.9. The summed E-state index contributed by atoms with van der Waals surface area (Å²) >= 11 is 0. The van der Waals surface area contributed by atoms with E-state index >= 15 is 0 Å². The number of fused-ring (bicyclic) bond motifs is 1. The lowest BCUT2D eigenvalue weighted by Crippen LogP contribution is -2.22. The summed E-state index contributed by atoms with van der Waals surface area (Å²) in [4.78, 5) is 10.9. The second-order valence-corrected chi connectivity index (χ2v) is 3.24. The van der Waals surface area contributed by atoms with Crippen molar-refractivity contribution in [2.75, 3.05) is 0 Å². The Morgan fingerprint density at radius 3 is 2.40 bits per heavy atom. The van der Waals surface area contributed by atoms with Gasteiger partial charge in [0.25, 0.3) is 0 Å². The summed E-state index contributed by atoms with van der Waals surface area (Å²) in [6.07, 6.45) is 1.71. The van der Waals surface area contributed by atoms with Crippen molar-refractivity contribution in [2.45, 2.75) is 0 Å². The van der Waals surface area contributed by atoms with Gasteiger partial charge >= 0.3 is 0 Å². The third-order valence-corrected chi connectivity index (χ3v) is 2.40. The third-order valence-electron chi connectivity index (χ3n) is 2.40. The lowest BCUT2D eigenvalue weighted by atomic mass is 10.00. The molecule has 0 atom stereocenters. The minimum Gasteiger partial charge on any atom is -0.545 e. The van der Waals surface area contributed by atoms with Gasteiger partial charge < -0.3 is 9.90 Å². The second-order valence-electron chi connectivity index (χ2n) is 3.24. The summed E-state index contributed by atoms with van der Waals surface area (Å²) in [5.74, 6) is -1.15. The van der Waals surface area contributed by atoms with Gasteiger partial charge in [0.15, 0.2) is 0 Å². The average molecular weight is 197 g/mol. The number of benzene rings is 2. The second kappa shape index (κ2) is 3.58. The van der Waals surface area contributed by atoms with Crippen LogP contribution >= 0.6 is 0 Å². The number of carbonyl (C=O) groups is 1. The molecule has 2 aromatic rings. The van der Waals surface area contributed by atoms with Crippen molar-refractivity contribution in [1.29, 1.82) is 0 Å². The lowest BCUT2D eigenvalue weighted by molar-refractivity contribution is -0.254. The fourth-order valence-electron chi connectivity index (χ4n) is 1.68. The predicted molar refractivity (Wildman–Crippen MR) is 58.4 cm³/mol. The molecule has 0 unspecified atom stereocenters. The zero-order valence-electron chi connectivity index (χ0n) is 8.07. The number of carboxylic acids is 1. The fraction of sp³-hybridized carbons (Fsp3) is 0. The molecule has 0 aliphatic carbocycles. The zero-order valence-corrected chi connectivity index (χ0v) is 8.07. The first kappa shape index (κ1) is 9.46. The van der Waals surface area contributed by atoms with E-state index in [-0.39, 0.29) is 5.56 Å². The van der Waals surface area contributed by atoms with E-state index in [1.165, 1.54) is 0 Å². The normalized spacial score (nSPS) is 10.1. The van der Waals surface area contributed by atoms with Crippen LogP contribution in [0, 0.1) is 0 Å². The molecule has 2 heteroatoms. The standard InChI is InChI=1S/C13H10O2/c1-2-9-7-8-12(13(14)15)11-6-4-3-5-10(9)11/h2-8H,1H2,(H,14,15)/p-1. The lowest BCUT2D eigenvalue weighted by Gasteiger charge is -2.09. The molecule has 2 aromatic carbocycles. The Hall–Kier alpha value is -2.09. The summed E-state index contributed by atoms with van der Waals surface area (Å²) in [5, 5.41) is 12.5. The van der Waals surface area contributed by atoms with Gasteiger partial charge in [0.05, 0.1) is 5.97 Å². The molecular weight excluding hydrogens is 188 g/mol. The van der Waals surface area contributed by atoms with Gasteiger partial charge in [-0.3, -0.25) is 0 Å². The Labute approximate surface area is 87.5 Å². The number of carboxylic acid groups (broad SMARTS) is 1. The van der Waals surface area contributed by atoms with E-state index in [2.05, 4.69) is 6.58 Å². The molecule has 0 amide bonds. The van der Waals surface area contributed by atoms with Gasteiger partial charge in [0, 0.05) is 5.56 Å². The molecular formula is C13H9O2-. The number of hydrogen-bond acceptors (Lipinski definition) is 2. The van der Waals surface area contributed by atoms with Crippen molar-refractivity contribution >= 4 is 22.8 Å². The molecule has 0 saturated carbocycles. The monoisotopic (exact) mass is 197 g/mol. The molecule has 0 heterocycles. The van der Waals surface area contributed by atoms with Gasteiger partial charge in [-0.05, 0) is 16.3 Å². The highest BCUT2D eigenvalue weighted by Gasteiger charge is 2.03. The first-order valence-electron chi connectivity index (χ1n) is 4.59. The molecule has 0 spiro atoms. The topological polar surface area (TPSA) is 40.1 Å². The van der Waals surface area contributed by atoms with Gasteiger partial charge in [-0.15, -0.1) is 0 Å². The molecule has 0 aliphatic rings. The number of aromatic carboxylic acids is 1. The zero-order chi connectivity index (χ0) is 10.8. The highest BCUT2D eigenvalue weighted by Crippen LogP contribution is 2.23. The first-order valence-corrected chi connectivity index (χ1v) is 4.59. The molecule has 0 N–H and O–H groups in total. The molecule has 0 saturated heterocycles. The van der Waals surface area contributed by atoms with Gasteiger partial charge in [-0.1, -0.05) is 49.1 Å². The Balaban J connectivity index is 2.89. The molecule has 0 bridgehead atoms. The van der Waals surface area contributed by atoms with Crippen molar-refractivity contribution in [3.63, 3.8) is 0 Å². The van der Waals surface area contributed by atoms with Crippen molar-refractivity contribution < 1.29 is 9.90 Å². The fourth-order valence-corrected chi connectivity index (χ4v) is 1.68. The van der Waals surface area contributed by atoms with Gasteiger partial charge in [0.2, 0.25) is 0 Å². The Morgan fingerprint density at radius 1 is 1.13 bits per heavy atom. The minimum atomic E-state index is -1.15. The van der Waals surface area contributed by atoms with E-state index in [1.807, 2.05) is 18.2 Å². The summed E-state index contributed by atoms with van der Waals surface area (Å²) in [7, 11) is 0. The van der Waals surface area contributed by atoms with E-state index < -0.39 is 5.97 Å². The smallest absolute Gasteiger partial charge is 0.0721 e. The Bertz CT molecular complexity index is 541. The molecule has 0 fully saturated rings. The molecule has 0 aliphatic heterocycles. The van der Waals surface area contributed by atoms with Crippen molar-refractivity contribution in [3.8, 4) is 0 Å². The van der Waals surface area contributed by atoms with E-state index in [0.717, 1.165) is 10.9 Å². The van der Waals surface area contributed by atoms with Crippen LogP contribution in [0.4, 0.5) is 0 Å². The van der Waals surface area contributed by atoms with Crippen LogP contribution in [0.5, 0.6) is 0 Å². The summed E-state index contributed by atoms with van der Waals surface area (Å²) in [5.41, 5.74) is 1.15. The maximum atomic E-state index is 10.9. The number of rotatable bonds is 2. The summed E-state index contributed by atoms with van der Waals surface area (Å²) in [6, 6.07) is 10.6. The first-order chi connectivity index (χ1) is 7.24. The van der Waals surface area contributed by atoms with Crippen molar-refractivity contribution in [2.24, 2.45) is 0 Å². The average Bonchev–Trinajstić information content (AvgIpc) is 2.27. The van der Waals surface area contributed by atoms with Crippen LogP contribution in [-0.2, 0) is 0 Å². The molecule has 74 valence electrons. The highest BCUT2D eigenvalue weighted by molar-refractivity contribution is 6.05. The maximum Gasteiger partial charge on any atom is 0.0721 e. The minimum absolute atomic E-state index is 0.219. The summed E-state index contributed by atoms with van der Waals surface area (Å²) < 4.78 is 0. The molecule has 15 heavy (non-hydrogen) atoms. The van der Waals surface area contributed by atoms with Gasteiger partial charge in [-0.2, -0.15) is 0 Å². The largest absolute Gasteiger partial charge is 0.545 e. The molecule has 2 nitrogen and oxygen atoms in total. The molecule has 0 aromatic heterocycles. The predicted octanol–water partition coefficient (Wildman–Crippen LogP) is 1.85. The number of hydrogen-bond donors (Lipinski definition) is 0. The van der Waals surface area contributed by atoms with Crippen LogP contribution in [0.2, 0.25) is 0 Å². The van der Waals surface area contributed by atoms with E-state index in [9.17, 15) is 9.90 Å². The van der Waals surface area contributed by atoms with Crippen LogP contribution in [-0.4, -0.2) is 5.97 Å². The van der Waals surface area contributed by atoms with E-state index in [1.54, 1.807) is 24.3 Å². The van der Waals surface area contributed by atoms with Gasteiger partial charge in [0.1, 0.15) is 0 Å². The number of carbonyl (C=O) groups excluding carboxylic acids is 1. The highest BCUT2D eigenvalue weighted by atomic mass is 16.4. The van der Waals surface area contributed by atoms with Crippen LogP contribution in [0.25, 0.3) is 16.8 Å². The molecule has 0 radical (unpaired) electrons. The van der Waals surface area contributed by atoms with E-state index in [4.69, 9.17) is 0 Å². The van der Waals surface area contributed by atoms with Crippen LogP contribution in [0.15, 0.2) is 43.0 Å². The van der Waals surface area contributed by atoms with E-state index in [0.29, 0.717) is 5.39 Å². The SMILES string of the molecule is C=Cc1ccc(C(=O)[O-])c2ccccc12. The Morgan fingerprint density at radius 2 is 1.80 bits per heavy atom. The van der Waals surface area contributed by atoms with Crippen LogP contribution < -0.4 is 5.11 Å². The van der Waals surface area contributed by atoms with Crippen LogP contribution in [0.3, 0.4) is 0 Å². The quantitative estimate of drug-likeness (QED) is 0.737. The molecule has 2 rings (SSSR count). The third kappa shape index (κ3) is 1.50. The van der Waals surface area contributed by atoms with Crippen LogP contribution in [0.1, 0.15) is 15.9 Å². The van der Waals surface area contributed by atoms with Gasteiger partial charge in [-0.25, -0.2) is 0 Å². The Kier molecular flexibility index (Phi) is 2.26. The van der Waals surface area contributed by atoms with Crippen molar-refractivity contribution in [3.05, 3.63) is 54.1 Å². The summed E-state index contributed by atoms with van der Waals surface area (Å²) in [6.45, 7) is 3.69. The van der Waals surface area contributed by atoms with Crippen molar-refractivity contribution in [1.82, 2.24) is 0 Å².